The van der Waals surface area contributed by atoms with Crippen molar-refractivity contribution < 1.29 is 18.8 Å². The van der Waals surface area contributed by atoms with E-state index in [1.165, 1.54) is 32.1 Å². The predicted octanol–water partition coefficient (Wildman–Crippen LogP) is 4.14. The molecule has 8 heteroatoms. The number of carbonyl (C=O) groups is 3. The van der Waals surface area contributed by atoms with Crippen LogP contribution >= 0.6 is 11.8 Å². The highest BCUT2D eigenvalue weighted by Gasteiger charge is 2.22. The first kappa shape index (κ1) is 23.9. The van der Waals surface area contributed by atoms with Gasteiger partial charge >= 0.3 is 0 Å². The first-order valence-electron chi connectivity index (χ1n) is 11.6. The molecule has 4 N–H and O–H groups in total. The number of fused-ring (bicyclic) bond motifs is 1. The topological polar surface area (TPSA) is 114 Å². The molecule has 0 radical (unpaired) electrons. The van der Waals surface area contributed by atoms with Crippen LogP contribution in [0, 0.1) is 0 Å². The molecule has 0 saturated heterocycles. The van der Waals surface area contributed by atoms with Crippen molar-refractivity contribution in [2.24, 2.45) is 5.73 Å². The number of benzene rings is 2. The number of thioether (sulfide) groups is 1. The van der Waals surface area contributed by atoms with E-state index >= 15 is 0 Å². The van der Waals surface area contributed by atoms with E-state index in [1.807, 2.05) is 36.0 Å². The number of hydrogen-bond donors (Lipinski definition) is 3. The van der Waals surface area contributed by atoms with Gasteiger partial charge < -0.3 is 20.8 Å². The van der Waals surface area contributed by atoms with E-state index in [1.54, 1.807) is 24.3 Å². The average Bonchev–Trinajstić information content (AvgIpc) is 3.24. The van der Waals surface area contributed by atoms with E-state index in [4.69, 9.17) is 10.2 Å². The van der Waals surface area contributed by atoms with Crippen molar-refractivity contribution >= 4 is 40.5 Å². The van der Waals surface area contributed by atoms with Gasteiger partial charge in [0.25, 0.3) is 11.8 Å². The van der Waals surface area contributed by atoms with Crippen LogP contribution < -0.4 is 16.4 Å². The van der Waals surface area contributed by atoms with Crippen molar-refractivity contribution in [3.63, 3.8) is 0 Å². The Labute approximate surface area is 202 Å². The molecule has 1 aliphatic carbocycles. The van der Waals surface area contributed by atoms with Gasteiger partial charge in [-0.25, -0.2) is 0 Å². The largest absolute Gasteiger partial charge is 0.451 e. The highest BCUT2D eigenvalue weighted by atomic mass is 32.2. The van der Waals surface area contributed by atoms with Gasteiger partial charge in [-0.15, -0.1) is 0 Å². The second-order valence-corrected chi connectivity index (χ2v) is 9.79. The second kappa shape index (κ2) is 11.2. The molecule has 0 bridgehead atoms. The number of rotatable bonds is 9. The van der Waals surface area contributed by atoms with Crippen LogP contribution in [0.25, 0.3) is 11.0 Å². The third-order valence-corrected chi connectivity index (χ3v) is 7.41. The minimum atomic E-state index is -0.602. The maximum Gasteiger partial charge on any atom is 0.287 e. The maximum absolute atomic E-state index is 13.1. The first-order chi connectivity index (χ1) is 16.5. The van der Waals surface area contributed by atoms with Crippen LogP contribution in [0.4, 0.5) is 0 Å². The SMILES string of the molecule is NC(=O)CNC(=O)c1ccc(CNC(=O)c2oc3ccccc3c2CSC2CCCCC2)cc1. The molecule has 2 aromatic carbocycles. The Hall–Kier alpha value is -3.26. The highest BCUT2D eigenvalue weighted by Crippen LogP contribution is 2.35. The minimum Gasteiger partial charge on any atom is -0.451 e. The fourth-order valence-corrected chi connectivity index (χ4v) is 5.52. The maximum atomic E-state index is 13.1. The van der Waals surface area contributed by atoms with E-state index < -0.39 is 5.91 Å². The van der Waals surface area contributed by atoms with Gasteiger partial charge in [0.1, 0.15) is 5.58 Å². The zero-order valence-electron chi connectivity index (χ0n) is 19.0. The molecule has 1 heterocycles. The molecule has 1 saturated carbocycles. The summed E-state index contributed by atoms with van der Waals surface area (Å²) in [5, 5.41) is 7.01. The fourth-order valence-electron chi connectivity index (χ4n) is 4.16. The highest BCUT2D eigenvalue weighted by molar-refractivity contribution is 7.99. The van der Waals surface area contributed by atoms with Gasteiger partial charge in [0.15, 0.2) is 5.76 Å². The monoisotopic (exact) mass is 479 g/mol. The quantitative estimate of drug-likeness (QED) is 0.427. The lowest BCUT2D eigenvalue weighted by molar-refractivity contribution is -0.117. The van der Waals surface area contributed by atoms with Crippen LogP contribution in [0.15, 0.2) is 52.9 Å². The number of furan rings is 1. The van der Waals surface area contributed by atoms with Crippen LogP contribution in [0.5, 0.6) is 0 Å². The molecule has 0 unspecified atom stereocenters. The average molecular weight is 480 g/mol. The van der Waals surface area contributed by atoms with Crippen LogP contribution in [0.3, 0.4) is 0 Å². The van der Waals surface area contributed by atoms with Crippen molar-refractivity contribution in [1.29, 1.82) is 0 Å². The molecule has 1 aromatic heterocycles. The lowest BCUT2D eigenvalue weighted by atomic mass is 10.0. The molecule has 178 valence electrons. The number of nitrogens with one attached hydrogen (secondary N) is 2. The Morgan fingerprint density at radius 3 is 2.41 bits per heavy atom. The van der Waals surface area contributed by atoms with Gasteiger partial charge in [0, 0.05) is 34.1 Å². The Balaban J connectivity index is 1.41. The van der Waals surface area contributed by atoms with Crippen molar-refractivity contribution in [3.8, 4) is 0 Å². The molecule has 3 aromatic rings. The smallest absolute Gasteiger partial charge is 0.287 e. The summed E-state index contributed by atoms with van der Waals surface area (Å²) in [4.78, 5) is 35.9. The minimum absolute atomic E-state index is 0.213. The summed E-state index contributed by atoms with van der Waals surface area (Å²) in [6.07, 6.45) is 6.35. The van der Waals surface area contributed by atoms with E-state index in [-0.39, 0.29) is 18.4 Å². The summed E-state index contributed by atoms with van der Waals surface area (Å²) in [5.74, 6) is -0.114. The van der Waals surface area contributed by atoms with Crippen LogP contribution in [-0.4, -0.2) is 29.5 Å². The van der Waals surface area contributed by atoms with Crippen LogP contribution in [0.1, 0.15) is 64.1 Å². The molecule has 0 atom stereocenters. The number of para-hydroxylation sites is 1. The number of nitrogens with two attached hydrogens (primary N) is 1. The zero-order chi connectivity index (χ0) is 23.9. The third kappa shape index (κ3) is 5.99. The summed E-state index contributed by atoms with van der Waals surface area (Å²) >= 11 is 1.92. The second-order valence-electron chi connectivity index (χ2n) is 8.51. The summed E-state index contributed by atoms with van der Waals surface area (Å²) in [6, 6.07) is 14.6. The van der Waals surface area contributed by atoms with Gasteiger partial charge in [-0.2, -0.15) is 11.8 Å². The van der Waals surface area contributed by atoms with E-state index in [9.17, 15) is 14.4 Å². The Bertz CT molecular complexity index is 1170. The summed E-state index contributed by atoms with van der Waals surface area (Å²) in [7, 11) is 0. The normalized spacial score (nSPS) is 14.1. The fraction of sp³-hybridized carbons (Fsp3) is 0.346. The molecule has 0 spiro atoms. The van der Waals surface area contributed by atoms with Crippen LogP contribution in [-0.2, 0) is 17.1 Å². The summed E-state index contributed by atoms with van der Waals surface area (Å²) in [5.41, 5.74) is 7.97. The van der Waals surface area contributed by atoms with Crippen molar-refractivity contribution in [3.05, 3.63) is 71.0 Å². The molecule has 0 aliphatic heterocycles. The van der Waals surface area contributed by atoms with Gasteiger partial charge in [0.2, 0.25) is 5.91 Å². The van der Waals surface area contributed by atoms with Crippen molar-refractivity contribution in [2.75, 3.05) is 6.54 Å². The lowest BCUT2D eigenvalue weighted by Crippen LogP contribution is -2.33. The first-order valence-corrected chi connectivity index (χ1v) is 12.6. The van der Waals surface area contributed by atoms with E-state index in [0.29, 0.717) is 23.1 Å². The zero-order valence-corrected chi connectivity index (χ0v) is 19.8. The van der Waals surface area contributed by atoms with Crippen molar-refractivity contribution in [1.82, 2.24) is 10.6 Å². The molecule has 3 amide bonds. The molecular formula is C26H29N3O4S. The van der Waals surface area contributed by atoms with Crippen molar-refractivity contribution in [2.45, 2.75) is 49.7 Å². The number of primary amides is 1. The van der Waals surface area contributed by atoms with Gasteiger partial charge in [-0.05, 0) is 36.6 Å². The van der Waals surface area contributed by atoms with Gasteiger partial charge in [0.05, 0.1) is 6.54 Å². The van der Waals surface area contributed by atoms with Crippen LogP contribution in [0.2, 0.25) is 0 Å². The molecule has 34 heavy (non-hydrogen) atoms. The Morgan fingerprint density at radius 1 is 0.941 bits per heavy atom. The van der Waals surface area contributed by atoms with E-state index in [2.05, 4.69) is 10.6 Å². The standard InChI is InChI=1S/C26H29N3O4S/c27-23(30)15-29-25(31)18-12-10-17(11-13-18)14-28-26(32)24-21(16-34-19-6-2-1-3-7-19)20-8-4-5-9-22(20)33-24/h4-5,8-13,19H,1-3,6-7,14-16H2,(H2,27,30)(H,28,32)(H,29,31). The summed E-state index contributed by atoms with van der Waals surface area (Å²) in [6.45, 7) is 0.0871. The lowest BCUT2D eigenvalue weighted by Gasteiger charge is -2.20. The Kier molecular flexibility index (Phi) is 7.90. The molecule has 4 rings (SSSR count). The van der Waals surface area contributed by atoms with Gasteiger partial charge in [-0.3, -0.25) is 14.4 Å². The Morgan fingerprint density at radius 2 is 1.68 bits per heavy atom. The molecule has 7 nitrogen and oxygen atoms in total. The number of hydrogen-bond acceptors (Lipinski definition) is 5. The summed E-state index contributed by atoms with van der Waals surface area (Å²) < 4.78 is 5.97. The molecule has 1 aliphatic rings. The molecule has 1 fully saturated rings. The van der Waals surface area contributed by atoms with Gasteiger partial charge in [-0.1, -0.05) is 49.6 Å². The third-order valence-electron chi connectivity index (χ3n) is 6.01. The van der Waals surface area contributed by atoms with E-state index in [0.717, 1.165) is 27.8 Å². The number of carbonyl (C=O) groups excluding carboxylic acids is 3. The predicted molar refractivity (Wildman–Crippen MR) is 134 cm³/mol. The molecular weight excluding hydrogens is 450 g/mol. The number of amides is 3.